The third kappa shape index (κ3) is 6.02. The molecule has 0 saturated heterocycles. The monoisotopic (exact) mass is 506 g/mol. The number of halogens is 1. The Morgan fingerprint density at radius 3 is 2.09 bits per heavy atom. The van der Waals surface area contributed by atoms with Gasteiger partial charge in [-0.25, -0.2) is 4.79 Å². The molecule has 0 aliphatic heterocycles. The zero-order chi connectivity index (χ0) is 23.0. The molecule has 6 heteroatoms. The molecule has 1 aliphatic rings. The summed E-state index contributed by atoms with van der Waals surface area (Å²) in [5.74, 6) is 0.0232. The zero-order valence-corrected chi connectivity index (χ0v) is 19.9. The zero-order valence-electron chi connectivity index (χ0n) is 18.4. The van der Waals surface area contributed by atoms with Crippen molar-refractivity contribution in [1.29, 1.82) is 0 Å². The molecule has 2 amide bonds. The number of hydrogen-bond donors (Lipinski definition) is 2. The lowest BCUT2D eigenvalue weighted by Crippen LogP contribution is -2.35. The predicted octanol–water partition coefficient (Wildman–Crippen LogP) is 5.43. The Hall–Kier alpha value is -3.12. The van der Waals surface area contributed by atoms with E-state index < -0.39 is 6.09 Å². The molecule has 4 rings (SSSR count). The van der Waals surface area contributed by atoms with Crippen LogP contribution in [-0.2, 0) is 16.0 Å². The van der Waals surface area contributed by atoms with Crippen molar-refractivity contribution in [2.45, 2.75) is 25.2 Å². The molecule has 33 heavy (non-hydrogen) atoms. The highest BCUT2D eigenvalue weighted by molar-refractivity contribution is 9.10. The van der Waals surface area contributed by atoms with Gasteiger partial charge in [0.25, 0.3) is 0 Å². The minimum atomic E-state index is -0.471. The third-order valence-electron chi connectivity index (χ3n) is 5.84. The van der Waals surface area contributed by atoms with Crippen LogP contribution in [0.25, 0.3) is 11.1 Å². The maximum Gasteiger partial charge on any atom is 0.407 e. The number of nitrogens with one attached hydrogen (secondary N) is 2. The van der Waals surface area contributed by atoms with Crippen LogP contribution in [-0.4, -0.2) is 31.7 Å². The molecular formula is C27H27BrN2O3. The molecular weight excluding hydrogens is 480 g/mol. The van der Waals surface area contributed by atoms with Crippen molar-refractivity contribution in [2.24, 2.45) is 0 Å². The fraction of sp³-hybridized carbons (Fsp3) is 0.259. The molecule has 1 aliphatic carbocycles. The van der Waals surface area contributed by atoms with Gasteiger partial charge < -0.3 is 15.4 Å². The normalized spacial score (nSPS) is 12.0. The van der Waals surface area contributed by atoms with Crippen LogP contribution in [0.5, 0.6) is 0 Å². The maximum atomic E-state index is 12.2. The van der Waals surface area contributed by atoms with Gasteiger partial charge in [-0.05, 0) is 52.8 Å². The average Bonchev–Trinajstić information content (AvgIpc) is 3.15. The van der Waals surface area contributed by atoms with Gasteiger partial charge >= 0.3 is 6.09 Å². The first-order valence-corrected chi connectivity index (χ1v) is 12.0. The Morgan fingerprint density at radius 1 is 0.818 bits per heavy atom. The van der Waals surface area contributed by atoms with E-state index in [1.807, 2.05) is 36.4 Å². The van der Waals surface area contributed by atoms with Crippen molar-refractivity contribution < 1.29 is 14.3 Å². The van der Waals surface area contributed by atoms with Crippen molar-refractivity contribution in [3.05, 3.63) is 94.0 Å². The molecule has 3 aromatic rings. The lowest BCUT2D eigenvalue weighted by Gasteiger charge is -2.14. The number of ether oxygens (including phenoxy) is 1. The number of alkyl carbamates (subject to hydrolysis) is 1. The van der Waals surface area contributed by atoms with Crippen LogP contribution >= 0.6 is 15.9 Å². The number of hydrogen-bond acceptors (Lipinski definition) is 3. The molecule has 0 spiro atoms. The van der Waals surface area contributed by atoms with Crippen LogP contribution in [0.2, 0.25) is 0 Å². The van der Waals surface area contributed by atoms with E-state index in [1.165, 1.54) is 27.8 Å². The largest absolute Gasteiger partial charge is 0.449 e. The summed E-state index contributed by atoms with van der Waals surface area (Å²) in [6.07, 6.45) is 1.63. The van der Waals surface area contributed by atoms with Gasteiger partial charge in [-0.2, -0.15) is 0 Å². The van der Waals surface area contributed by atoms with Crippen molar-refractivity contribution >= 4 is 27.9 Å². The van der Waals surface area contributed by atoms with Crippen molar-refractivity contribution in [2.75, 3.05) is 19.7 Å². The first-order chi connectivity index (χ1) is 16.1. The van der Waals surface area contributed by atoms with E-state index in [9.17, 15) is 9.59 Å². The molecule has 0 atom stereocenters. The minimum Gasteiger partial charge on any atom is -0.449 e. The van der Waals surface area contributed by atoms with Crippen LogP contribution in [0.15, 0.2) is 77.3 Å². The van der Waals surface area contributed by atoms with Crippen molar-refractivity contribution in [1.82, 2.24) is 10.6 Å². The molecule has 3 aromatic carbocycles. The number of aryl methyl sites for hydroxylation is 1. The van der Waals surface area contributed by atoms with Crippen LogP contribution in [0.4, 0.5) is 4.79 Å². The second-order valence-corrected chi connectivity index (χ2v) is 9.00. The second-order valence-electron chi connectivity index (χ2n) is 8.08. The van der Waals surface area contributed by atoms with Crippen molar-refractivity contribution in [3.8, 4) is 11.1 Å². The second kappa shape index (κ2) is 11.1. The molecule has 2 N–H and O–H groups in total. The van der Waals surface area contributed by atoms with E-state index in [4.69, 9.17) is 4.74 Å². The SMILES string of the molecule is O=C(CCCc1ccc(Br)cc1)NCCNC(=O)OCC1c2ccccc2-c2ccccc21. The fourth-order valence-corrected chi connectivity index (χ4v) is 4.47. The van der Waals surface area contributed by atoms with Crippen LogP contribution in [0, 0.1) is 0 Å². The Labute approximate surface area is 202 Å². The smallest absolute Gasteiger partial charge is 0.407 e. The van der Waals surface area contributed by atoms with Gasteiger partial charge in [-0.15, -0.1) is 0 Å². The number of carbonyl (C=O) groups is 2. The van der Waals surface area contributed by atoms with E-state index in [0.29, 0.717) is 19.5 Å². The molecule has 0 heterocycles. The number of carbonyl (C=O) groups excluding carboxylic acids is 2. The van der Waals surface area contributed by atoms with Crippen LogP contribution in [0.3, 0.4) is 0 Å². The molecule has 170 valence electrons. The van der Waals surface area contributed by atoms with Gasteiger partial charge in [0.15, 0.2) is 0 Å². The van der Waals surface area contributed by atoms with Crippen LogP contribution in [0.1, 0.15) is 35.4 Å². The molecule has 0 fully saturated rings. The van der Waals surface area contributed by atoms with Gasteiger partial charge in [0.2, 0.25) is 5.91 Å². The van der Waals surface area contributed by atoms with E-state index in [-0.39, 0.29) is 18.4 Å². The average molecular weight is 507 g/mol. The summed E-state index contributed by atoms with van der Waals surface area (Å²) in [7, 11) is 0. The number of benzene rings is 3. The Bertz CT molecular complexity index is 1070. The van der Waals surface area contributed by atoms with E-state index in [0.717, 1.165) is 17.3 Å². The predicted molar refractivity (Wildman–Crippen MR) is 133 cm³/mol. The first kappa shape index (κ1) is 23.1. The minimum absolute atomic E-state index is 0.0125. The topological polar surface area (TPSA) is 67.4 Å². The molecule has 0 saturated carbocycles. The highest BCUT2D eigenvalue weighted by Crippen LogP contribution is 2.44. The molecule has 0 aromatic heterocycles. The van der Waals surface area contributed by atoms with E-state index in [2.05, 4.69) is 63.0 Å². The van der Waals surface area contributed by atoms with Gasteiger partial charge in [-0.3, -0.25) is 4.79 Å². The molecule has 0 radical (unpaired) electrons. The lowest BCUT2D eigenvalue weighted by molar-refractivity contribution is -0.121. The summed E-state index contributed by atoms with van der Waals surface area (Å²) in [5, 5.41) is 5.56. The molecule has 0 unspecified atom stereocenters. The Morgan fingerprint density at radius 2 is 1.42 bits per heavy atom. The highest BCUT2D eigenvalue weighted by atomic mass is 79.9. The summed E-state index contributed by atoms with van der Waals surface area (Å²) in [6, 6.07) is 24.6. The summed E-state index contributed by atoms with van der Waals surface area (Å²) >= 11 is 3.42. The maximum absolute atomic E-state index is 12.2. The summed E-state index contributed by atoms with van der Waals surface area (Å²) in [4.78, 5) is 24.2. The Balaban J connectivity index is 1.14. The third-order valence-corrected chi connectivity index (χ3v) is 6.37. The number of amides is 2. The number of fused-ring (bicyclic) bond motifs is 3. The van der Waals surface area contributed by atoms with Crippen molar-refractivity contribution in [3.63, 3.8) is 0 Å². The van der Waals surface area contributed by atoms with Gasteiger partial charge in [0.05, 0.1) is 0 Å². The molecule has 5 nitrogen and oxygen atoms in total. The van der Waals surface area contributed by atoms with Crippen LogP contribution < -0.4 is 10.6 Å². The first-order valence-electron chi connectivity index (χ1n) is 11.2. The summed E-state index contributed by atoms with van der Waals surface area (Å²) < 4.78 is 6.55. The quantitative estimate of drug-likeness (QED) is 0.380. The lowest BCUT2D eigenvalue weighted by atomic mass is 9.98. The summed E-state index contributed by atoms with van der Waals surface area (Å²) in [5.41, 5.74) is 5.97. The number of rotatable bonds is 9. The van der Waals surface area contributed by atoms with Gasteiger partial charge in [-0.1, -0.05) is 76.6 Å². The molecule has 0 bridgehead atoms. The summed E-state index contributed by atoms with van der Waals surface area (Å²) in [6.45, 7) is 0.985. The standard InChI is InChI=1S/C27H27BrN2O3/c28-20-14-12-19(13-15-20)6-5-11-26(31)29-16-17-30-27(32)33-18-25-23-9-3-1-7-21(23)22-8-2-4-10-24(22)25/h1-4,7-10,12-15,25H,5-6,11,16-18H2,(H,29,31)(H,30,32). The van der Waals surface area contributed by atoms with E-state index in [1.54, 1.807) is 0 Å². The highest BCUT2D eigenvalue weighted by Gasteiger charge is 2.28. The fourth-order valence-electron chi connectivity index (χ4n) is 4.21. The van der Waals surface area contributed by atoms with Gasteiger partial charge in [0, 0.05) is 29.9 Å². The van der Waals surface area contributed by atoms with E-state index >= 15 is 0 Å². The van der Waals surface area contributed by atoms with Gasteiger partial charge in [0.1, 0.15) is 6.61 Å². The Kier molecular flexibility index (Phi) is 7.79.